The number of halogens is 3. The first kappa shape index (κ1) is 12.9. The largest absolute Gasteiger partial charge is 0.369 e. The number of nitrogens with one attached hydrogen (secondary N) is 1. The number of hydrogen-bond acceptors (Lipinski definition) is 3. The van der Waals surface area contributed by atoms with E-state index in [-0.39, 0.29) is 15.7 Å². The Labute approximate surface area is 111 Å². The Bertz CT molecular complexity index is 575. The molecule has 0 amide bonds. The lowest BCUT2D eigenvalue weighted by molar-refractivity contribution is 0.584. The molecular formula is C12H10BrF2N3. The van der Waals surface area contributed by atoms with E-state index >= 15 is 0 Å². The predicted octanol–water partition coefficient (Wildman–Crippen LogP) is 3.62. The van der Waals surface area contributed by atoms with Crippen molar-refractivity contribution in [2.45, 2.75) is 6.92 Å². The second-order valence-corrected chi connectivity index (χ2v) is 4.39. The average molecular weight is 314 g/mol. The van der Waals surface area contributed by atoms with Gasteiger partial charge < -0.3 is 5.32 Å². The maximum atomic E-state index is 13.9. The molecular weight excluding hydrogens is 304 g/mol. The summed E-state index contributed by atoms with van der Waals surface area (Å²) in [5.74, 6) is -0.870. The van der Waals surface area contributed by atoms with Crippen LogP contribution in [0.5, 0.6) is 0 Å². The molecule has 0 spiro atoms. The van der Waals surface area contributed by atoms with Gasteiger partial charge in [0.25, 0.3) is 0 Å². The van der Waals surface area contributed by atoms with Gasteiger partial charge in [0.1, 0.15) is 17.5 Å². The highest BCUT2D eigenvalue weighted by molar-refractivity contribution is 9.10. The Morgan fingerprint density at radius 2 is 2.06 bits per heavy atom. The molecule has 1 N–H and O–H groups in total. The quantitative estimate of drug-likeness (QED) is 0.880. The van der Waals surface area contributed by atoms with Crippen LogP contribution >= 0.6 is 15.9 Å². The average Bonchev–Trinajstić information content (AvgIpc) is 2.35. The maximum Gasteiger partial charge on any atom is 0.149 e. The molecule has 94 valence electrons. The number of rotatable bonds is 3. The lowest BCUT2D eigenvalue weighted by Crippen LogP contribution is -2.02. The Morgan fingerprint density at radius 1 is 1.28 bits per heavy atom. The maximum absolute atomic E-state index is 13.9. The zero-order valence-corrected chi connectivity index (χ0v) is 11.1. The Hall–Kier alpha value is -1.56. The third-order valence-electron chi connectivity index (χ3n) is 2.29. The molecule has 0 aliphatic carbocycles. The molecule has 2 aromatic rings. The first-order valence-electron chi connectivity index (χ1n) is 5.33. The molecule has 0 saturated heterocycles. The monoisotopic (exact) mass is 313 g/mol. The SMILES string of the molecule is CCNc1cncc(-c2c(F)ccc(Br)c2F)n1. The molecule has 6 heteroatoms. The molecule has 1 aromatic carbocycles. The molecule has 2 rings (SSSR count). The Kier molecular flexibility index (Phi) is 3.86. The van der Waals surface area contributed by atoms with Crippen molar-refractivity contribution in [1.82, 2.24) is 9.97 Å². The van der Waals surface area contributed by atoms with Gasteiger partial charge in [-0.1, -0.05) is 0 Å². The first-order chi connectivity index (χ1) is 8.63. The zero-order valence-electron chi connectivity index (χ0n) is 9.54. The van der Waals surface area contributed by atoms with Crippen molar-refractivity contribution in [2.24, 2.45) is 0 Å². The van der Waals surface area contributed by atoms with Gasteiger partial charge in [0.2, 0.25) is 0 Å². The number of hydrogen-bond donors (Lipinski definition) is 1. The summed E-state index contributed by atoms with van der Waals surface area (Å²) in [7, 11) is 0. The summed E-state index contributed by atoms with van der Waals surface area (Å²) in [4.78, 5) is 8.04. The molecule has 0 fully saturated rings. The van der Waals surface area contributed by atoms with Crippen molar-refractivity contribution >= 4 is 21.7 Å². The number of anilines is 1. The van der Waals surface area contributed by atoms with Gasteiger partial charge in [-0.05, 0) is 35.0 Å². The lowest BCUT2D eigenvalue weighted by atomic mass is 10.1. The van der Waals surface area contributed by atoms with E-state index in [0.29, 0.717) is 12.4 Å². The van der Waals surface area contributed by atoms with E-state index in [1.54, 1.807) is 0 Å². The molecule has 0 aliphatic rings. The van der Waals surface area contributed by atoms with Gasteiger partial charge in [0, 0.05) is 6.54 Å². The third kappa shape index (κ3) is 2.48. The van der Waals surface area contributed by atoms with Crippen LogP contribution in [0.1, 0.15) is 6.92 Å². The minimum atomic E-state index is -0.682. The van der Waals surface area contributed by atoms with E-state index < -0.39 is 11.6 Å². The van der Waals surface area contributed by atoms with Crippen molar-refractivity contribution in [2.75, 3.05) is 11.9 Å². The van der Waals surface area contributed by atoms with Gasteiger partial charge in [0.05, 0.1) is 28.1 Å². The smallest absolute Gasteiger partial charge is 0.149 e. The van der Waals surface area contributed by atoms with Gasteiger partial charge in [0.15, 0.2) is 0 Å². The fraction of sp³-hybridized carbons (Fsp3) is 0.167. The van der Waals surface area contributed by atoms with E-state index in [4.69, 9.17) is 0 Å². The van der Waals surface area contributed by atoms with Crippen LogP contribution in [0.3, 0.4) is 0 Å². The van der Waals surface area contributed by atoms with Crippen LogP contribution in [0.25, 0.3) is 11.3 Å². The minimum Gasteiger partial charge on any atom is -0.369 e. The molecule has 3 nitrogen and oxygen atoms in total. The Balaban J connectivity index is 2.55. The highest BCUT2D eigenvalue weighted by Gasteiger charge is 2.16. The van der Waals surface area contributed by atoms with E-state index in [0.717, 1.165) is 0 Å². The number of nitrogens with zero attached hydrogens (tertiary/aromatic N) is 2. The van der Waals surface area contributed by atoms with Crippen molar-refractivity contribution in [1.29, 1.82) is 0 Å². The second kappa shape index (κ2) is 5.39. The van der Waals surface area contributed by atoms with Gasteiger partial charge >= 0.3 is 0 Å². The van der Waals surface area contributed by atoms with E-state index in [2.05, 4.69) is 31.2 Å². The highest BCUT2D eigenvalue weighted by atomic mass is 79.9. The van der Waals surface area contributed by atoms with Crippen molar-refractivity contribution < 1.29 is 8.78 Å². The summed E-state index contributed by atoms with van der Waals surface area (Å²) >= 11 is 3.02. The van der Waals surface area contributed by atoms with Crippen LogP contribution < -0.4 is 5.32 Å². The fourth-order valence-corrected chi connectivity index (χ4v) is 1.85. The Morgan fingerprint density at radius 3 is 2.78 bits per heavy atom. The topological polar surface area (TPSA) is 37.8 Å². The van der Waals surface area contributed by atoms with Crippen LogP contribution in [0.15, 0.2) is 29.0 Å². The zero-order chi connectivity index (χ0) is 13.1. The van der Waals surface area contributed by atoms with Crippen molar-refractivity contribution in [3.63, 3.8) is 0 Å². The predicted molar refractivity (Wildman–Crippen MR) is 69.2 cm³/mol. The van der Waals surface area contributed by atoms with Gasteiger partial charge in [-0.3, -0.25) is 4.98 Å². The number of aromatic nitrogens is 2. The molecule has 18 heavy (non-hydrogen) atoms. The minimum absolute atomic E-state index is 0.157. The van der Waals surface area contributed by atoms with Crippen LogP contribution in [0.4, 0.5) is 14.6 Å². The summed E-state index contributed by atoms with van der Waals surface area (Å²) in [5.41, 5.74) is -0.0265. The molecule has 0 saturated carbocycles. The van der Waals surface area contributed by atoms with Crippen LogP contribution in [-0.4, -0.2) is 16.5 Å². The lowest BCUT2D eigenvalue weighted by Gasteiger charge is -2.07. The molecule has 0 unspecified atom stereocenters. The third-order valence-corrected chi connectivity index (χ3v) is 2.91. The summed E-state index contributed by atoms with van der Waals surface area (Å²) in [6.45, 7) is 2.55. The molecule has 0 radical (unpaired) electrons. The van der Waals surface area contributed by atoms with E-state index in [9.17, 15) is 8.78 Å². The molecule has 0 bridgehead atoms. The van der Waals surface area contributed by atoms with Crippen LogP contribution in [0, 0.1) is 11.6 Å². The van der Waals surface area contributed by atoms with E-state index in [1.165, 1.54) is 24.5 Å². The molecule has 1 aromatic heterocycles. The van der Waals surface area contributed by atoms with Crippen LogP contribution in [-0.2, 0) is 0 Å². The van der Waals surface area contributed by atoms with Gasteiger partial charge in [-0.25, -0.2) is 13.8 Å². The summed E-state index contributed by atoms with van der Waals surface area (Å²) < 4.78 is 27.8. The van der Waals surface area contributed by atoms with Gasteiger partial charge in [-0.15, -0.1) is 0 Å². The summed E-state index contributed by atoms with van der Waals surface area (Å²) in [6, 6.07) is 2.50. The molecule has 0 aliphatic heterocycles. The molecule has 1 heterocycles. The standard InChI is InChI=1S/C12H10BrF2N3/c1-2-17-10-6-16-5-9(18-10)11-8(14)4-3-7(13)12(11)15/h3-6H,2H2,1H3,(H,17,18). The first-order valence-corrected chi connectivity index (χ1v) is 6.12. The second-order valence-electron chi connectivity index (χ2n) is 3.54. The van der Waals surface area contributed by atoms with Gasteiger partial charge in [-0.2, -0.15) is 0 Å². The normalized spacial score (nSPS) is 10.4. The fourth-order valence-electron chi connectivity index (χ4n) is 1.51. The summed E-state index contributed by atoms with van der Waals surface area (Å²) in [6.07, 6.45) is 2.83. The number of benzene rings is 1. The highest BCUT2D eigenvalue weighted by Crippen LogP contribution is 2.29. The van der Waals surface area contributed by atoms with Crippen molar-refractivity contribution in [3.8, 4) is 11.3 Å². The van der Waals surface area contributed by atoms with Crippen LogP contribution in [0.2, 0.25) is 0 Å². The van der Waals surface area contributed by atoms with E-state index in [1.807, 2.05) is 6.92 Å². The van der Waals surface area contributed by atoms with Crippen molar-refractivity contribution in [3.05, 3.63) is 40.6 Å². The summed E-state index contributed by atoms with van der Waals surface area (Å²) in [5, 5.41) is 2.94. The molecule has 0 atom stereocenters.